The molecule has 0 saturated heterocycles. The molecule has 0 spiro atoms. The van der Waals surface area contributed by atoms with Gasteiger partial charge in [0.1, 0.15) is 0 Å². The van der Waals surface area contributed by atoms with Gasteiger partial charge in [0.05, 0.1) is 6.10 Å². The molecule has 1 saturated carbocycles. The molecule has 4 heteroatoms. The lowest BCUT2D eigenvalue weighted by Crippen LogP contribution is -2.36. The van der Waals surface area contributed by atoms with Crippen LogP contribution >= 0.6 is 0 Å². The summed E-state index contributed by atoms with van der Waals surface area (Å²) in [5.41, 5.74) is 0. The van der Waals surface area contributed by atoms with Gasteiger partial charge in [0.15, 0.2) is 0 Å². The lowest BCUT2D eigenvalue weighted by Gasteiger charge is -2.26. The molecule has 2 N–H and O–H groups in total. The van der Waals surface area contributed by atoms with E-state index in [0.29, 0.717) is 6.04 Å². The fraction of sp³-hybridized carbons (Fsp3) is 1.00. The van der Waals surface area contributed by atoms with Crippen LogP contribution in [-0.2, 0) is 10.8 Å². The summed E-state index contributed by atoms with van der Waals surface area (Å²) in [6.07, 6.45) is 3.85. The topological polar surface area (TPSA) is 49.3 Å². The van der Waals surface area contributed by atoms with Crippen LogP contribution in [0.15, 0.2) is 0 Å². The highest BCUT2D eigenvalue weighted by Gasteiger charge is 2.18. The summed E-state index contributed by atoms with van der Waals surface area (Å²) < 4.78 is 11.1. The Morgan fingerprint density at radius 2 is 2.00 bits per heavy atom. The summed E-state index contributed by atoms with van der Waals surface area (Å²) in [6, 6.07) is 0.534. The van der Waals surface area contributed by atoms with Gasteiger partial charge < -0.3 is 10.4 Å². The first-order valence-corrected chi connectivity index (χ1v) is 6.97. The van der Waals surface area contributed by atoms with Crippen LogP contribution < -0.4 is 5.32 Å². The van der Waals surface area contributed by atoms with Crippen LogP contribution in [0.3, 0.4) is 0 Å². The Bertz CT molecular complexity index is 179. The molecule has 1 fully saturated rings. The van der Waals surface area contributed by atoms with E-state index in [0.717, 1.165) is 43.7 Å². The van der Waals surface area contributed by atoms with Crippen molar-refractivity contribution < 1.29 is 9.32 Å². The predicted octanol–water partition coefficient (Wildman–Crippen LogP) is 0.648. The first kappa shape index (κ1) is 12.1. The molecule has 1 unspecified atom stereocenters. The standard InChI is InChI=1S/C10H21NO2S/c1-2-14(13)8-7-11-9-3-5-10(12)6-4-9/h9-12H,2-8H2,1H3. The van der Waals surface area contributed by atoms with Crippen LogP contribution in [0, 0.1) is 0 Å². The summed E-state index contributed by atoms with van der Waals surface area (Å²) in [7, 11) is -0.650. The van der Waals surface area contributed by atoms with Gasteiger partial charge in [-0.3, -0.25) is 4.21 Å². The molecule has 1 rings (SSSR count). The lowest BCUT2D eigenvalue weighted by atomic mass is 9.93. The van der Waals surface area contributed by atoms with E-state index in [-0.39, 0.29) is 6.10 Å². The van der Waals surface area contributed by atoms with Crippen molar-refractivity contribution in [2.45, 2.75) is 44.8 Å². The molecule has 0 amide bonds. The molecular weight excluding hydrogens is 198 g/mol. The van der Waals surface area contributed by atoms with Gasteiger partial charge in [-0.15, -0.1) is 0 Å². The van der Waals surface area contributed by atoms with Gasteiger partial charge >= 0.3 is 0 Å². The average Bonchev–Trinajstić information content (AvgIpc) is 2.21. The van der Waals surface area contributed by atoms with Crippen molar-refractivity contribution in [3.63, 3.8) is 0 Å². The van der Waals surface area contributed by atoms with Crippen molar-refractivity contribution >= 4 is 10.8 Å². The van der Waals surface area contributed by atoms with Crippen LogP contribution in [0.2, 0.25) is 0 Å². The van der Waals surface area contributed by atoms with Crippen LogP contribution in [-0.4, -0.2) is 39.5 Å². The van der Waals surface area contributed by atoms with Crippen LogP contribution in [0.1, 0.15) is 32.6 Å². The first-order chi connectivity index (χ1) is 6.72. The first-order valence-electron chi connectivity index (χ1n) is 5.48. The molecule has 0 aromatic rings. The highest BCUT2D eigenvalue weighted by atomic mass is 32.2. The normalized spacial score (nSPS) is 30.1. The number of nitrogens with one attached hydrogen (secondary N) is 1. The monoisotopic (exact) mass is 219 g/mol. The van der Waals surface area contributed by atoms with E-state index in [1.807, 2.05) is 6.92 Å². The van der Waals surface area contributed by atoms with E-state index < -0.39 is 10.8 Å². The van der Waals surface area contributed by atoms with Gasteiger partial charge in [-0.25, -0.2) is 0 Å². The summed E-state index contributed by atoms with van der Waals surface area (Å²) >= 11 is 0. The maximum absolute atomic E-state index is 11.1. The lowest BCUT2D eigenvalue weighted by molar-refractivity contribution is 0.117. The van der Waals surface area contributed by atoms with Crippen molar-refractivity contribution in [3.05, 3.63) is 0 Å². The fourth-order valence-electron chi connectivity index (χ4n) is 1.80. The Labute approximate surface area is 88.7 Å². The van der Waals surface area contributed by atoms with Crippen molar-refractivity contribution in [2.24, 2.45) is 0 Å². The maximum Gasteiger partial charge on any atom is 0.0541 e. The smallest absolute Gasteiger partial charge is 0.0541 e. The molecule has 84 valence electrons. The molecule has 1 aliphatic rings. The molecule has 1 atom stereocenters. The molecule has 0 aromatic carbocycles. The van der Waals surface area contributed by atoms with Crippen molar-refractivity contribution in [1.29, 1.82) is 0 Å². The quantitative estimate of drug-likeness (QED) is 0.714. The summed E-state index contributed by atoms with van der Waals surface area (Å²) in [5.74, 6) is 1.51. The summed E-state index contributed by atoms with van der Waals surface area (Å²) in [5, 5.41) is 12.7. The Balaban J connectivity index is 2.04. The van der Waals surface area contributed by atoms with Crippen molar-refractivity contribution in [1.82, 2.24) is 5.32 Å². The third-order valence-electron chi connectivity index (χ3n) is 2.78. The number of hydrogen-bond donors (Lipinski definition) is 2. The number of aliphatic hydroxyl groups excluding tert-OH is 1. The zero-order chi connectivity index (χ0) is 10.4. The third-order valence-corrected chi connectivity index (χ3v) is 4.08. The largest absolute Gasteiger partial charge is 0.393 e. The van der Waals surface area contributed by atoms with Gasteiger partial charge in [-0.1, -0.05) is 6.92 Å². The molecule has 14 heavy (non-hydrogen) atoms. The van der Waals surface area contributed by atoms with E-state index in [2.05, 4.69) is 5.32 Å². The molecule has 3 nitrogen and oxygen atoms in total. The molecule has 0 bridgehead atoms. The minimum atomic E-state index is -0.650. The summed E-state index contributed by atoms with van der Waals surface area (Å²) in [4.78, 5) is 0. The van der Waals surface area contributed by atoms with E-state index in [1.54, 1.807) is 0 Å². The molecule has 0 radical (unpaired) electrons. The Hall–Kier alpha value is 0.0700. The number of rotatable bonds is 5. The van der Waals surface area contributed by atoms with Gasteiger partial charge in [-0.2, -0.15) is 0 Å². The molecular formula is C10H21NO2S. The molecule has 0 aliphatic heterocycles. The van der Waals surface area contributed by atoms with E-state index in [4.69, 9.17) is 0 Å². The Morgan fingerprint density at radius 3 is 2.57 bits per heavy atom. The van der Waals surface area contributed by atoms with Gasteiger partial charge in [-0.05, 0) is 25.7 Å². The highest BCUT2D eigenvalue weighted by Crippen LogP contribution is 2.17. The summed E-state index contributed by atoms with van der Waals surface area (Å²) in [6.45, 7) is 2.80. The van der Waals surface area contributed by atoms with Crippen LogP contribution in [0.4, 0.5) is 0 Å². The van der Waals surface area contributed by atoms with Gasteiger partial charge in [0.25, 0.3) is 0 Å². The second kappa shape index (κ2) is 6.53. The number of hydrogen-bond acceptors (Lipinski definition) is 3. The minimum Gasteiger partial charge on any atom is -0.393 e. The second-order valence-electron chi connectivity index (χ2n) is 3.89. The predicted molar refractivity (Wildman–Crippen MR) is 59.8 cm³/mol. The van der Waals surface area contributed by atoms with Crippen molar-refractivity contribution in [2.75, 3.05) is 18.1 Å². The maximum atomic E-state index is 11.1. The minimum absolute atomic E-state index is 0.0853. The van der Waals surface area contributed by atoms with Gasteiger partial charge in [0.2, 0.25) is 0 Å². The third kappa shape index (κ3) is 4.53. The van der Waals surface area contributed by atoms with E-state index in [1.165, 1.54) is 0 Å². The van der Waals surface area contributed by atoms with Crippen LogP contribution in [0.5, 0.6) is 0 Å². The average molecular weight is 219 g/mol. The van der Waals surface area contributed by atoms with Gasteiger partial charge in [0, 0.05) is 34.9 Å². The Kier molecular flexibility index (Phi) is 5.67. The molecule has 0 heterocycles. The van der Waals surface area contributed by atoms with Crippen molar-refractivity contribution in [3.8, 4) is 0 Å². The Morgan fingerprint density at radius 1 is 1.36 bits per heavy atom. The fourth-order valence-corrected chi connectivity index (χ4v) is 2.44. The second-order valence-corrected chi connectivity index (χ2v) is 5.76. The van der Waals surface area contributed by atoms with Crippen LogP contribution in [0.25, 0.3) is 0 Å². The molecule has 1 aliphatic carbocycles. The zero-order valence-electron chi connectivity index (χ0n) is 8.87. The molecule has 0 aromatic heterocycles. The van der Waals surface area contributed by atoms with E-state index in [9.17, 15) is 9.32 Å². The SMILES string of the molecule is CCS(=O)CCNC1CCC(O)CC1. The number of aliphatic hydroxyl groups is 1. The van der Waals surface area contributed by atoms with E-state index >= 15 is 0 Å². The highest BCUT2D eigenvalue weighted by molar-refractivity contribution is 7.84. The zero-order valence-corrected chi connectivity index (χ0v) is 9.68.